The number of carbonyl (C=O) groups is 3. The van der Waals surface area contributed by atoms with E-state index >= 15 is 0 Å². The molecule has 0 aromatic heterocycles. The Bertz CT molecular complexity index is 846. The van der Waals surface area contributed by atoms with Gasteiger partial charge in [-0.15, -0.1) is 0 Å². The maximum Gasteiger partial charge on any atom is 0.339 e. The van der Waals surface area contributed by atoms with Crippen molar-refractivity contribution in [2.45, 2.75) is 26.9 Å². The molecule has 0 heterocycles. The number of esters is 1. The molecule has 2 amide bonds. The first-order valence-corrected chi connectivity index (χ1v) is 8.91. The highest BCUT2D eigenvalue weighted by Crippen LogP contribution is 2.16. The zero-order valence-corrected chi connectivity index (χ0v) is 16.1. The molecule has 7 heteroatoms. The van der Waals surface area contributed by atoms with Crippen molar-refractivity contribution >= 4 is 23.5 Å². The number of ether oxygens (including phenoxy) is 2. The van der Waals surface area contributed by atoms with Crippen LogP contribution in [-0.2, 0) is 9.53 Å². The molecule has 0 radical (unpaired) electrons. The van der Waals surface area contributed by atoms with Gasteiger partial charge in [-0.1, -0.05) is 19.9 Å². The van der Waals surface area contributed by atoms with Gasteiger partial charge in [-0.3, -0.25) is 9.59 Å². The van der Waals surface area contributed by atoms with Crippen molar-refractivity contribution in [2.24, 2.45) is 11.7 Å². The molecule has 1 atom stereocenters. The Labute approximate surface area is 163 Å². The number of nitrogens with two attached hydrogens (primary N) is 1. The second-order valence-electron chi connectivity index (χ2n) is 6.71. The van der Waals surface area contributed by atoms with E-state index in [1.807, 2.05) is 13.8 Å². The minimum Gasteiger partial charge on any atom is -0.493 e. The van der Waals surface area contributed by atoms with Crippen LogP contribution in [0.4, 0.5) is 5.69 Å². The number of hydrogen-bond acceptors (Lipinski definition) is 5. The van der Waals surface area contributed by atoms with E-state index in [9.17, 15) is 14.4 Å². The lowest BCUT2D eigenvalue weighted by atomic mass is 10.2. The van der Waals surface area contributed by atoms with E-state index < -0.39 is 23.9 Å². The fraction of sp³-hybridized carbons (Fsp3) is 0.286. The lowest BCUT2D eigenvalue weighted by molar-refractivity contribution is -0.123. The van der Waals surface area contributed by atoms with E-state index in [-0.39, 0.29) is 0 Å². The molecule has 0 bridgehead atoms. The molecule has 7 nitrogen and oxygen atoms in total. The molecule has 0 aliphatic heterocycles. The third-order valence-corrected chi connectivity index (χ3v) is 3.74. The molecule has 0 saturated heterocycles. The first-order valence-electron chi connectivity index (χ1n) is 8.91. The van der Waals surface area contributed by atoms with Crippen molar-refractivity contribution in [1.29, 1.82) is 0 Å². The Hall–Kier alpha value is -3.35. The van der Waals surface area contributed by atoms with Crippen LogP contribution in [0, 0.1) is 5.92 Å². The molecule has 0 unspecified atom stereocenters. The Balaban J connectivity index is 1.94. The molecule has 148 valence electrons. The van der Waals surface area contributed by atoms with Gasteiger partial charge in [0, 0.05) is 11.3 Å². The molecule has 2 rings (SSSR count). The number of rotatable bonds is 8. The van der Waals surface area contributed by atoms with E-state index in [4.69, 9.17) is 15.2 Å². The zero-order chi connectivity index (χ0) is 20.7. The van der Waals surface area contributed by atoms with Crippen molar-refractivity contribution in [3.05, 3.63) is 59.7 Å². The van der Waals surface area contributed by atoms with Crippen LogP contribution in [0.25, 0.3) is 0 Å². The zero-order valence-electron chi connectivity index (χ0n) is 16.1. The van der Waals surface area contributed by atoms with Crippen LogP contribution in [-0.4, -0.2) is 30.5 Å². The quantitative estimate of drug-likeness (QED) is 0.680. The van der Waals surface area contributed by atoms with E-state index in [2.05, 4.69) is 5.32 Å². The molecule has 0 saturated carbocycles. The minimum atomic E-state index is -1.01. The predicted molar refractivity (Wildman–Crippen MR) is 105 cm³/mol. The molecule has 0 spiro atoms. The highest BCUT2D eigenvalue weighted by Gasteiger charge is 2.19. The fourth-order valence-corrected chi connectivity index (χ4v) is 2.22. The van der Waals surface area contributed by atoms with Crippen molar-refractivity contribution in [1.82, 2.24) is 0 Å². The molecule has 0 aliphatic carbocycles. The second-order valence-corrected chi connectivity index (χ2v) is 6.71. The highest BCUT2D eigenvalue weighted by molar-refractivity contribution is 5.98. The smallest absolute Gasteiger partial charge is 0.339 e. The second kappa shape index (κ2) is 9.55. The largest absolute Gasteiger partial charge is 0.493 e. The van der Waals surface area contributed by atoms with Crippen LogP contribution >= 0.6 is 0 Å². The number of carbonyl (C=O) groups excluding carboxylic acids is 3. The molecule has 2 aromatic carbocycles. The average molecular weight is 384 g/mol. The van der Waals surface area contributed by atoms with E-state index in [1.54, 1.807) is 36.4 Å². The normalized spacial score (nSPS) is 11.6. The molecule has 0 aliphatic rings. The van der Waals surface area contributed by atoms with Gasteiger partial charge in [0.25, 0.3) is 5.91 Å². The summed E-state index contributed by atoms with van der Waals surface area (Å²) in [5.41, 5.74) is 6.26. The summed E-state index contributed by atoms with van der Waals surface area (Å²) in [4.78, 5) is 35.6. The molecular weight excluding hydrogens is 360 g/mol. The molecule has 3 N–H and O–H groups in total. The van der Waals surface area contributed by atoms with Crippen LogP contribution < -0.4 is 15.8 Å². The van der Waals surface area contributed by atoms with Crippen LogP contribution in [0.15, 0.2) is 48.5 Å². The maximum absolute atomic E-state index is 12.3. The fourth-order valence-electron chi connectivity index (χ4n) is 2.22. The summed E-state index contributed by atoms with van der Waals surface area (Å²) in [5, 5.41) is 2.62. The number of anilines is 1. The summed E-state index contributed by atoms with van der Waals surface area (Å²) >= 11 is 0. The number of amides is 2. The van der Waals surface area contributed by atoms with Gasteiger partial charge in [0.05, 0.1) is 12.2 Å². The van der Waals surface area contributed by atoms with Crippen LogP contribution in [0.5, 0.6) is 5.75 Å². The number of hydrogen-bond donors (Lipinski definition) is 2. The summed E-state index contributed by atoms with van der Waals surface area (Å²) in [6.45, 7) is 6.07. The molecule has 28 heavy (non-hydrogen) atoms. The first kappa shape index (κ1) is 21.0. The standard InChI is InChI=1S/C21H24N2O5/c1-13(2)12-27-18-6-4-5-16(11-18)21(26)28-14(3)20(25)23-17-9-7-15(8-10-17)19(22)24/h4-11,13-14H,12H2,1-3H3,(H2,22,24)(H,23,25)/t14-/m1/s1. The van der Waals surface area contributed by atoms with Gasteiger partial charge in [-0.2, -0.15) is 0 Å². The Kier molecular flexibility index (Phi) is 7.14. The summed E-state index contributed by atoms with van der Waals surface area (Å²) in [6, 6.07) is 12.7. The van der Waals surface area contributed by atoms with Crippen LogP contribution in [0.1, 0.15) is 41.5 Å². The Morgan fingerprint density at radius 1 is 1.00 bits per heavy atom. The lowest BCUT2D eigenvalue weighted by Gasteiger charge is -2.14. The monoisotopic (exact) mass is 384 g/mol. The number of nitrogens with one attached hydrogen (secondary N) is 1. The van der Waals surface area contributed by atoms with Gasteiger partial charge in [-0.25, -0.2) is 4.79 Å². The molecule has 0 fully saturated rings. The Morgan fingerprint density at radius 2 is 1.68 bits per heavy atom. The summed E-state index contributed by atoms with van der Waals surface area (Å²) in [6.07, 6.45) is -1.01. The van der Waals surface area contributed by atoms with Crippen LogP contribution in [0.2, 0.25) is 0 Å². The summed E-state index contributed by atoms with van der Waals surface area (Å²) < 4.78 is 10.8. The van der Waals surface area contributed by atoms with Crippen LogP contribution in [0.3, 0.4) is 0 Å². The third kappa shape index (κ3) is 6.12. The number of primary amides is 1. The molecular formula is C21H24N2O5. The number of benzene rings is 2. The van der Waals surface area contributed by atoms with Gasteiger partial charge in [0.2, 0.25) is 5.91 Å². The average Bonchev–Trinajstić information content (AvgIpc) is 2.66. The Morgan fingerprint density at radius 3 is 2.29 bits per heavy atom. The third-order valence-electron chi connectivity index (χ3n) is 3.74. The van der Waals surface area contributed by atoms with Gasteiger partial charge in [0.1, 0.15) is 5.75 Å². The van der Waals surface area contributed by atoms with Crippen molar-refractivity contribution < 1.29 is 23.9 Å². The van der Waals surface area contributed by atoms with Crippen molar-refractivity contribution in [2.75, 3.05) is 11.9 Å². The minimum absolute atomic E-state index is 0.298. The maximum atomic E-state index is 12.3. The van der Waals surface area contributed by atoms with Gasteiger partial charge in [-0.05, 0) is 55.3 Å². The van der Waals surface area contributed by atoms with E-state index in [1.165, 1.54) is 19.1 Å². The topological polar surface area (TPSA) is 108 Å². The summed E-state index contributed by atoms with van der Waals surface area (Å²) in [7, 11) is 0. The highest BCUT2D eigenvalue weighted by atomic mass is 16.5. The first-order chi connectivity index (χ1) is 13.3. The summed E-state index contributed by atoms with van der Waals surface area (Å²) in [5.74, 6) is -0.750. The molecule has 2 aromatic rings. The van der Waals surface area contributed by atoms with Crippen molar-refractivity contribution in [3.63, 3.8) is 0 Å². The van der Waals surface area contributed by atoms with E-state index in [0.717, 1.165) is 0 Å². The lowest BCUT2D eigenvalue weighted by Crippen LogP contribution is -2.30. The van der Waals surface area contributed by atoms with Gasteiger partial charge >= 0.3 is 5.97 Å². The van der Waals surface area contributed by atoms with E-state index in [0.29, 0.717) is 35.1 Å². The van der Waals surface area contributed by atoms with Gasteiger partial charge in [0.15, 0.2) is 6.10 Å². The SMILES string of the molecule is CC(C)COc1cccc(C(=O)O[C@H](C)C(=O)Nc2ccc(C(N)=O)cc2)c1. The predicted octanol–water partition coefficient (Wildman–Crippen LogP) is 3.00. The van der Waals surface area contributed by atoms with Gasteiger partial charge < -0.3 is 20.5 Å². The van der Waals surface area contributed by atoms with Crippen molar-refractivity contribution in [3.8, 4) is 5.75 Å².